The second kappa shape index (κ2) is 4.21. The number of aromatic nitrogens is 1. The Morgan fingerprint density at radius 2 is 2.25 bits per heavy atom. The van der Waals surface area contributed by atoms with Gasteiger partial charge in [-0.2, -0.15) is 0 Å². The Balaban J connectivity index is 2.27. The zero-order valence-corrected chi connectivity index (χ0v) is 11.0. The lowest BCUT2D eigenvalue weighted by atomic mass is 10.4. The molecule has 0 saturated heterocycles. The molecule has 0 radical (unpaired) electrons. The summed E-state index contributed by atoms with van der Waals surface area (Å²) in [5.41, 5.74) is 0. The van der Waals surface area contributed by atoms with Gasteiger partial charge in [0.05, 0.1) is 12.4 Å². The Morgan fingerprint density at radius 3 is 2.81 bits per heavy atom. The molecule has 1 saturated carbocycles. The predicted octanol–water partition coefficient (Wildman–Crippen LogP) is 1.76. The lowest BCUT2D eigenvalue weighted by molar-refractivity contribution is 0.303. The van der Waals surface area contributed by atoms with E-state index >= 15 is 0 Å². The third-order valence-corrected chi connectivity index (χ3v) is 2.92. The van der Waals surface area contributed by atoms with E-state index in [2.05, 4.69) is 25.6 Å². The maximum atomic E-state index is 11.1. The molecule has 0 aromatic carbocycles. The van der Waals surface area contributed by atoms with Gasteiger partial charge in [0.2, 0.25) is 10.0 Å². The summed E-state index contributed by atoms with van der Waals surface area (Å²) < 4.78 is 30.9. The molecule has 5 nitrogen and oxygen atoms in total. The summed E-state index contributed by atoms with van der Waals surface area (Å²) in [5, 5.41) is 0. The first kappa shape index (κ1) is 11.7. The first-order valence-corrected chi connectivity index (χ1v) is 7.42. The van der Waals surface area contributed by atoms with Crippen LogP contribution in [0.1, 0.15) is 12.8 Å². The number of nitrogens with zero attached hydrogens (tertiary/aromatic N) is 1. The molecule has 0 spiro atoms. The van der Waals surface area contributed by atoms with Gasteiger partial charge in [0.15, 0.2) is 11.6 Å². The number of pyridine rings is 1. The van der Waals surface area contributed by atoms with Gasteiger partial charge in [0.25, 0.3) is 0 Å². The minimum atomic E-state index is -3.34. The molecule has 0 atom stereocenters. The van der Waals surface area contributed by atoms with Gasteiger partial charge in [-0.15, -0.1) is 0 Å². The first-order chi connectivity index (χ1) is 7.44. The molecule has 1 N–H and O–H groups in total. The minimum Gasteiger partial charge on any atom is -0.486 e. The van der Waals surface area contributed by atoms with E-state index in [-0.39, 0.29) is 11.9 Å². The van der Waals surface area contributed by atoms with Crippen LogP contribution in [0.4, 0.5) is 5.82 Å². The number of sulfonamides is 1. The third kappa shape index (κ3) is 3.34. The van der Waals surface area contributed by atoms with Gasteiger partial charge < -0.3 is 4.74 Å². The van der Waals surface area contributed by atoms with E-state index < -0.39 is 10.0 Å². The second-order valence-corrected chi connectivity index (χ2v) is 6.36. The van der Waals surface area contributed by atoms with E-state index in [1.807, 2.05) is 0 Å². The number of ether oxygens (including phenoxy) is 1. The highest BCUT2D eigenvalue weighted by Gasteiger charge is 2.25. The molecule has 1 aromatic heterocycles. The van der Waals surface area contributed by atoms with Gasteiger partial charge in [0.1, 0.15) is 0 Å². The summed E-state index contributed by atoms with van der Waals surface area (Å²) in [6.45, 7) is 0. The quantitative estimate of drug-likeness (QED) is 0.920. The number of rotatable bonds is 4. The fourth-order valence-electron chi connectivity index (χ4n) is 1.13. The highest BCUT2D eigenvalue weighted by molar-refractivity contribution is 9.10. The van der Waals surface area contributed by atoms with Crippen molar-refractivity contribution in [2.24, 2.45) is 0 Å². The van der Waals surface area contributed by atoms with Crippen LogP contribution in [0.3, 0.4) is 0 Å². The summed E-state index contributed by atoms with van der Waals surface area (Å²) in [5.74, 6) is 0.694. The number of halogens is 1. The second-order valence-electron chi connectivity index (χ2n) is 3.69. The molecule has 16 heavy (non-hydrogen) atoms. The molecule has 1 aliphatic rings. The van der Waals surface area contributed by atoms with Crippen LogP contribution in [-0.4, -0.2) is 25.8 Å². The van der Waals surface area contributed by atoms with E-state index in [1.165, 1.54) is 6.20 Å². The van der Waals surface area contributed by atoms with Crippen molar-refractivity contribution in [3.63, 3.8) is 0 Å². The summed E-state index contributed by atoms with van der Waals surface area (Å²) >= 11 is 3.27. The van der Waals surface area contributed by atoms with Crippen LogP contribution in [0.25, 0.3) is 0 Å². The normalized spacial score (nSPS) is 15.9. The molecule has 88 valence electrons. The lowest BCUT2D eigenvalue weighted by Gasteiger charge is -2.10. The van der Waals surface area contributed by atoms with Crippen molar-refractivity contribution in [2.75, 3.05) is 11.0 Å². The molecule has 1 aromatic rings. The van der Waals surface area contributed by atoms with Crippen LogP contribution in [0, 0.1) is 0 Å². The average molecular weight is 307 g/mol. The molecule has 7 heteroatoms. The standard InChI is InChI=1S/C9H11BrN2O3S/c1-16(13,14)12-9-8(15-7-2-3-7)4-6(10)5-11-9/h4-5,7H,2-3H2,1H3,(H,11,12). The highest BCUT2D eigenvalue weighted by Crippen LogP contribution is 2.32. The number of hydrogen-bond donors (Lipinski definition) is 1. The molecular formula is C9H11BrN2O3S. The summed E-state index contributed by atoms with van der Waals surface area (Å²) in [7, 11) is -3.34. The molecule has 2 rings (SSSR count). The fourth-order valence-corrected chi connectivity index (χ4v) is 1.94. The largest absolute Gasteiger partial charge is 0.486 e. The number of hydrogen-bond acceptors (Lipinski definition) is 4. The SMILES string of the molecule is CS(=O)(=O)Nc1ncc(Br)cc1OC1CC1. The van der Waals surface area contributed by atoms with Crippen molar-refractivity contribution in [1.82, 2.24) is 4.98 Å². The molecule has 0 unspecified atom stereocenters. The average Bonchev–Trinajstić information content (AvgIpc) is 2.91. The van der Waals surface area contributed by atoms with E-state index in [4.69, 9.17) is 4.74 Å². The van der Waals surface area contributed by atoms with Crippen LogP contribution in [0.2, 0.25) is 0 Å². The summed E-state index contributed by atoms with van der Waals surface area (Å²) in [6.07, 6.45) is 4.80. The minimum absolute atomic E-state index is 0.191. The smallest absolute Gasteiger partial charge is 0.231 e. The molecule has 1 aliphatic carbocycles. The molecule has 1 fully saturated rings. The maximum Gasteiger partial charge on any atom is 0.231 e. The van der Waals surface area contributed by atoms with Gasteiger partial charge >= 0.3 is 0 Å². The molecular weight excluding hydrogens is 296 g/mol. The highest BCUT2D eigenvalue weighted by atomic mass is 79.9. The Kier molecular flexibility index (Phi) is 3.07. The lowest BCUT2D eigenvalue weighted by Crippen LogP contribution is -2.12. The van der Waals surface area contributed by atoms with Crippen LogP contribution >= 0.6 is 15.9 Å². The monoisotopic (exact) mass is 306 g/mol. The Morgan fingerprint density at radius 1 is 1.56 bits per heavy atom. The molecule has 0 amide bonds. The zero-order chi connectivity index (χ0) is 11.8. The van der Waals surface area contributed by atoms with Gasteiger partial charge in [-0.05, 0) is 34.8 Å². The van der Waals surface area contributed by atoms with E-state index in [0.717, 1.165) is 23.6 Å². The number of anilines is 1. The Hall–Kier alpha value is -0.820. The van der Waals surface area contributed by atoms with Gasteiger partial charge in [-0.3, -0.25) is 4.72 Å². The van der Waals surface area contributed by atoms with Crippen molar-refractivity contribution >= 4 is 31.8 Å². The zero-order valence-electron chi connectivity index (χ0n) is 8.60. The van der Waals surface area contributed by atoms with Gasteiger partial charge in [-0.25, -0.2) is 13.4 Å². The number of nitrogens with one attached hydrogen (secondary N) is 1. The van der Waals surface area contributed by atoms with Crippen molar-refractivity contribution in [2.45, 2.75) is 18.9 Å². The van der Waals surface area contributed by atoms with Crippen molar-refractivity contribution in [3.05, 3.63) is 16.7 Å². The van der Waals surface area contributed by atoms with Crippen LogP contribution < -0.4 is 9.46 Å². The van der Waals surface area contributed by atoms with E-state index in [0.29, 0.717) is 5.75 Å². The van der Waals surface area contributed by atoms with Gasteiger partial charge in [0, 0.05) is 10.7 Å². The van der Waals surface area contributed by atoms with Crippen molar-refractivity contribution in [3.8, 4) is 5.75 Å². The molecule has 1 heterocycles. The molecule has 0 aliphatic heterocycles. The van der Waals surface area contributed by atoms with Crippen LogP contribution in [-0.2, 0) is 10.0 Å². The van der Waals surface area contributed by atoms with Crippen molar-refractivity contribution < 1.29 is 13.2 Å². The fraction of sp³-hybridized carbons (Fsp3) is 0.444. The van der Waals surface area contributed by atoms with Crippen molar-refractivity contribution in [1.29, 1.82) is 0 Å². The third-order valence-electron chi connectivity index (χ3n) is 1.92. The summed E-state index contributed by atoms with van der Waals surface area (Å²) in [4.78, 5) is 3.98. The molecule has 0 bridgehead atoms. The van der Waals surface area contributed by atoms with Gasteiger partial charge in [-0.1, -0.05) is 0 Å². The van der Waals surface area contributed by atoms with Crippen LogP contribution in [0.15, 0.2) is 16.7 Å². The van der Waals surface area contributed by atoms with E-state index in [9.17, 15) is 8.42 Å². The topological polar surface area (TPSA) is 68.3 Å². The maximum absolute atomic E-state index is 11.1. The Labute approximate surface area is 102 Å². The summed E-state index contributed by atoms with van der Waals surface area (Å²) in [6, 6.07) is 1.71. The predicted molar refractivity (Wildman–Crippen MR) is 64.1 cm³/mol. The van der Waals surface area contributed by atoms with E-state index in [1.54, 1.807) is 6.07 Å². The Bertz CT molecular complexity index is 499. The van der Waals surface area contributed by atoms with Crippen LogP contribution in [0.5, 0.6) is 5.75 Å². The first-order valence-electron chi connectivity index (χ1n) is 4.74.